The number of para-hydroxylation sites is 1. The van der Waals surface area contributed by atoms with Crippen LogP contribution in [0.25, 0.3) is 0 Å². The molecule has 0 radical (unpaired) electrons. The number of esters is 1. The molecule has 1 amide bonds. The van der Waals surface area contributed by atoms with Crippen LogP contribution in [0.4, 0.5) is 0 Å². The molecule has 9 heteroatoms. The summed E-state index contributed by atoms with van der Waals surface area (Å²) in [5.41, 5.74) is 0.681. The van der Waals surface area contributed by atoms with Crippen molar-refractivity contribution in [2.45, 2.75) is 39.2 Å². The van der Waals surface area contributed by atoms with Crippen molar-refractivity contribution in [3.63, 3.8) is 0 Å². The molecular weight excluding hydrogens is 432 g/mol. The number of carbonyl (C=O) groups is 2. The number of ether oxygens (including phenoxy) is 2. The maximum atomic E-state index is 12.6. The van der Waals surface area contributed by atoms with Gasteiger partial charge in [-0.25, -0.2) is 0 Å². The molecule has 0 spiro atoms. The van der Waals surface area contributed by atoms with Crippen LogP contribution in [0.2, 0.25) is 0 Å². The van der Waals surface area contributed by atoms with E-state index in [1.165, 1.54) is 7.05 Å². The Balaban J connectivity index is 1.61. The van der Waals surface area contributed by atoms with Crippen molar-refractivity contribution < 1.29 is 27.5 Å². The summed E-state index contributed by atoms with van der Waals surface area (Å²) >= 11 is 0. The van der Waals surface area contributed by atoms with E-state index < -0.39 is 40.8 Å². The predicted octanol–water partition coefficient (Wildman–Crippen LogP) is 3.52. The van der Waals surface area contributed by atoms with E-state index in [0.29, 0.717) is 27.8 Å². The summed E-state index contributed by atoms with van der Waals surface area (Å²) in [5, 5.41) is 0. The van der Waals surface area contributed by atoms with Crippen molar-refractivity contribution in [2.24, 2.45) is 5.92 Å². The molecule has 1 aliphatic rings. The number of likely N-dealkylation sites (N-methyl/N-ethyl adjacent to an activating group) is 1. The number of amides is 1. The van der Waals surface area contributed by atoms with Crippen LogP contribution in [0.15, 0.2) is 54.6 Å². The van der Waals surface area contributed by atoms with E-state index in [1.807, 2.05) is 44.2 Å². The smallest absolute Gasteiger partial charge is 0.314 e. The van der Waals surface area contributed by atoms with Crippen molar-refractivity contribution in [2.75, 3.05) is 13.8 Å². The van der Waals surface area contributed by atoms with E-state index in [4.69, 9.17) is 9.47 Å². The van der Waals surface area contributed by atoms with Gasteiger partial charge in [0.15, 0.2) is 6.73 Å². The summed E-state index contributed by atoms with van der Waals surface area (Å²) in [5.74, 6) is -0.398. The van der Waals surface area contributed by atoms with Gasteiger partial charge in [0, 0.05) is 7.05 Å². The Hall–Kier alpha value is -2.91. The van der Waals surface area contributed by atoms with E-state index in [2.05, 4.69) is 0 Å². The molecule has 1 unspecified atom stereocenters. The minimum Gasteiger partial charge on any atom is -0.457 e. The summed E-state index contributed by atoms with van der Waals surface area (Å²) in [4.78, 5) is 25.1. The second kappa shape index (κ2) is 9.70. The SMILES string of the molecule is CC(C)C[C@H]1C(=O)N(COC(=O)C(C)c2ccc(Oc3ccccc3)cc2)S(=O)(=O)N1C. The van der Waals surface area contributed by atoms with Crippen LogP contribution in [-0.2, 0) is 24.5 Å². The minimum atomic E-state index is -4.01. The molecule has 1 aliphatic heterocycles. The Morgan fingerprint density at radius 2 is 1.59 bits per heavy atom. The maximum Gasteiger partial charge on any atom is 0.314 e. The number of hydrogen-bond donors (Lipinski definition) is 0. The van der Waals surface area contributed by atoms with Gasteiger partial charge in [-0.15, -0.1) is 0 Å². The van der Waals surface area contributed by atoms with E-state index in [0.717, 1.165) is 4.31 Å². The van der Waals surface area contributed by atoms with Crippen LogP contribution in [0, 0.1) is 5.92 Å². The van der Waals surface area contributed by atoms with Crippen molar-refractivity contribution in [3.05, 3.63) is 60.2 Å². The molecule has 0 bridgehead atoms. The fourth-order valence-corrected chi connectivity index (χ4v) is 4.75. The minimum absolute atomic E-state index is 0.137. The molecule has 1 fully saturated rings. The van der Waals surface area contributed by atoms with Crippen LogP contribution in [0.5, 0.6) is 11.5 Å². The lowest BCUT2D eigenvalue weighted by Crippen LogP contribution is -2.36. The molecule has 1 saturated heterocycles. The zero-order valence-corrected chi connectivity index (χ0v) is 19.4. The largest absolute Gasteiger partial charge is 0.457 e. The van der Waals surface area contributed by atoms with Gasteiger partial charge in [0.05, 0.1) is 5.92 Å². The van der Waals surface area contributed by atoms with Crippen LogP contribution in [0.3, 0.4) is 0 Å². The monoisotopic (exact) mass is 460 g/mol. The first-order valence-corrected chi connectivity index (χ1v) is 11.8. The third-order valence-corrected chi connectivity index (χ3v) is 7.17. The second-order valence-corrected chi connectivity index (χ2v) is 10.1. The van der Waals surface area contributed by atoms with Gasteiger partial charge >= 0.3 is 16.2 Å². The number of carbonyl (C=O) groups excluding carboxylic acids is 2. The fourth-order valence-electron chi connectivity index (χ4n) is 3.41. The third-order valence-electron chi connectivity index (χ3n) is 5.34. The quantitative estimate of drug-likeness (QED) is 0.560. The first kappa shape index (κ1) is 23.7. The number of nitrogens with zero attached hydrogens (tertiary/aromatic N) is 2. The van der Waals surface area contributed by atoms with Gasteiger partial charge < -0.3 is 9.47 Å². The molecule has 2 aromatic rings. The van der Waals surface area contributed by atoms with Crippen LogP contribution < -0.4 is 4.74 Å². The van der Waals surface area contributed by atoms with Crippen molar-refractivity contribution in [1.82, 2.24) is 8.61 Å². The van der Waals surface area contributed by atoms with E-state index in [9.17, 15) is 18.0 Å². The van der Waals surface area contributed by atoms with Crippen LogP contribution >= 0.6 is 0 Å². The number of benzene rings is 2. The average molecular weight is 461 g/mol. The predicted molar refractivity (Wildman–Crippen MR) is 119 cm³/mol. The van der Waals surface area contributed by atoms with Gasteiger partial charge in [0.25, 0.3) is 5.91 Å². The highest BCUT2D eigenvalue weighted by atomic mass is 32.2. The normalized spacial score (nSPS) is 19.2. The molecule has 3 rings (SSSR count). The summed E-state index contributed by atoms with van der Waals surface area (Å²) in [6.45, 7) is 4.84. The third kappa shape index (κ3) is 5.11. The lowest BCUT2D eigenvalue weighted by molar-refractivity contribution is -0.150. The summed E-state index contributed by atoms with van der Waals surface area (Å²) in [6, 6.07) is 15.5. The van der Waals surface area contributed by atoms with Gasteiger partial charge in [-0.05, 0) is 49.1 Å². The molecule has 0 aliphatic carbocycles. The molecule has 8 nitrogen and oxygen atoms in total. The Kier molecular flexibility index (Phi) is 7.20. The highest BCUT2D eigenvalue weighted by Crippen LogP contribution is 2.28. The van der Waals surface area contributed by atoms with Crippen molar-refractivity contribution >= 4 is 22.1 Å². The lowest BCUT2D eigenvalue weighted by Gasteiger charge is -2.18. The lowest BCUT2D eigenvalue weighted by atomic mass is 10.0. The molecule has 1 heterocycles. The summed E-state index contributed by atoms with van der Waals surface area (Å²) in [6.07, 6.45) is 0.396. The highest BCUT2D eigenvalue weighted by molar-refractivity contribution is 7.87. The van der Waals surface area contributed by atoms with Gasteiger partial charge in [-0.3, -0.25) is 9.59 Å². The zero-order chi connectivity index (χ0) is 23.5. The summed E-state index contributed by atoms with van der Waals surface area (Å²) in [7, 11) is -2.64. The fraction of sp³-hybridized carbons (Fsp3) is 0.391. The first-order chi connectivity index (χ1) is 15.1. The standard InChI is InChI=1S/C23H28N2O6S/c1-16(2)14-21-22(26)25(32(28,29)24(21)4)15-30-23(27)17(3)18-10-12-20(13-11-18)31-19-8-6-5-7-9-19/h5-13,16-17,21H,14-15H2,1-4H3/t17?,21-/m0/s1. The summed E-state index contributed by atoms with van der Waals surface area (Å²) < 4.78 is 37.7. The molecule has 0 saturated carbocycles. The highest BCUT2D eigenvalue weighted by Gasteiger charge is 2.48. The molecule has 2 atom stereocenters. The van der Waals surface area contributed by atoms with Gasteiger partial charge in [-0.2, -0.15) is 17.0 Å². The topological polar surface area (TPSA) is 93.2 Å². The van der Waals surface area contributed by atoms with E-state index >= 15 is 0 Å². The van der Waals surface area contributed by atoms with E-state index in [-0.39, 0.29) is 5.92 Å². The molecular formula is C23H28N2O6S. The molecule has 0 N–H and O–H groups in total. The van der Waals surface area contributed by atoms with Gasteiger partial charge in [0.1, 0.15) is 17.5 Å². The van der Waals surface area contributed by atoms with Crippen molar-refractivity contribution in [3.8, 4) is 11.5 Å². The van der Waals surface area contributed by atoms with Crippen LogP contribution in [0.1, 0.15) is 38.7 Å². The zero-order valence-electron chi connectivity index (χ0n) is 18.6. The van der Waals surface area contributed by atoms with Crippen molar-refractivity contribution in [1.29, 1.82) is 0 Å². The first-order valence-electron chi connectivity index (χ1n) is 10.4. The van der Waals surface area contributed by atoms with Crippen LogP contribution in [-0.4, -0.2) is 48.7 Å². The molecule has 32 heavy (non-hydrogen) atoms. The van der Waals surface area contributed by atoms with E-state index in [1.54, 1.807) is 31.2 Å². The number of rotatable bonds is 8. The maximum absolute atomic E-state index is 12.6. The Morgan fingerprint density at radius 1 is 1.00 bits per heavy atom. The molecule has 0 aromatic heterocycles. The Labute approximate surface area is 188 Å². The Bertz CT molecular complexity index is 1050. The second-order valence-electron chi connectivity index (χ2n) is 8.15. The molecule has 2 aromatic carbocycles. The number of hydrogen-bond acceptors (Lipinski definition) is 6. The van der Waals surface area contributed by atoms with Gasteiger partial charge in [0.2, 0.25) is 0 Å². The van der Waals surface area contributed by atoms with Gasteiger partial charge in [-0.1, -0.05) is 44.2 Å². The average Bonchev–Trinajstić information content (AvgIpc) is 2.92. The Morgan fingerprint density at radius 3 is 2.19 bits per heavy atom. The molecule has 172 valence electrons.